The van der Waals surface area contributed by atoms with Crippen LogP contribution in [0.3, 0.4) is 0 Å². The fourth-order valence-electron chi connectivity index (χ4n) is 3.17. The van der Waals surface area contributed by atoms with Crippen molar-refractivity contribution >= 4 is 11.7 Å². The van der Waals surface area contributed by atoms with E-state index >= 15 is 0 Å². The predicted octanol–water partition coefficient (Wildman–Crippen LogP) is 3.54. The second kappa shape index (κ2) is 6.77. The monoisotopic (exact) mass is 314 g/mol. The summed E-state index contributed by atoms with van der Waals surface area (Å²) in [6.45, 7) is 0.631. The van der Waals surface area contributed by atoms with Crippen molar-refractivity contribution in [2.45, 2.75) is 25.2 Å². The lowest BCUT2D eigenvalue weighted by Crippen LogP contribution is -2.20. The van der Waals surface area contributed by atoms with E-state index < -0.39 is 5.97 Å². The molecule has 23 heavy (non-hydrogen) atoms. The molecule has 1 aromatic carbocycles. The molecule has 0 saturated heterocycles. The van der Waals surface area contributed by atoms with Gasteiger partial charge in [-0.25, -0.2) is 9.18 Å². The zero-order chi connectivity index (χ0) is 16.2. The van der Waals surface area contributed by atoms with Gasteiger partial charge in [-0.05, 0) is 42.5 Å². The summed E-state index contributed by atoms with van der Waals surface area (Å²) in [5, 5.41) is 3.27. The van der Waals surface area contributed by atoms with Gasteiger partial charge >= 0.3 is 5.97 Å². The van der Waals surface area contributed by atoms with E-state index in [1.807, 2.05) is 6.07 Å². The number of hydrogen-bond donors (Lipinski definition) is 1. The number of methoxy groups -OCH3 is 1. The van der Waals surface area contributed by atoms with Crippen molar-refractivity contribution in [3.8, 4) is 0 Å². The van der Waals surface area contributed by atoms with E-state index in [4.69, 9.17) is 4.74 Å². The minimum atomic E-state index is -0.398. The smallest absolute Gasteiger partial charge is 0.340 e. The third kappa shape index (κ3) is 3.18. The first kappa shape index (κ1) is 15.5. The molecule has 0 bridgehead atoms. The van der Waals surface area contributed by atoms with Gasteiger partial charge in [0.1, 0.15) is 5.82 Å². The number of fused-ring (bicyclic) bond motifs is 1. The van der Waals surface area contributed by atoms with Gasteiger partial charge in [-0.1, -0.05) is 12.1 Å². The minimum absolute atomic E-state index is 0.121. The number of aromatic nitrogens is 1. The van der Waals surface area contributed by atoms with E-state index in [-0.39, 0.29) is 11.7 Å². The molecule has 0 aliphatic heterocycles. The Morgan fingerprint density at radius 3 is 3.13 bits per heavy atom. The van der Waals surface area contributed by atoms with Crippen LogP contribution in [0.25, 0.3) is 0 Å². The number of hydrogen-bond acceptors (Lipinski definition) is 4. The van der Waals surface area contributed by atoms with Gasteiger partial charge in [-0.15, -0.1) is 0 Å². The van der Waals surface area contributed by atoms with Gasteiger partial charge in [0.25, 0.3) is 0 Å². The lowest BCUT2D eigenvalue weighted by atomic mass is 9.82. The molecule has 1 aromatic heterocycles. The summed E-state index contributed by atoms with van der Waals surface area (Å²) < 4.78 is 18.7. The van der Waals surface area contributed by atoms with Crippen molar-refractivity contribution in [1.29, 1.82) is 0 Å². The first-order valence-corrected chi connectivity index (χ1v) is 7.74. The van der Waals surface area contributed by atoms with E-state index in [9.17, 15) is 9.18 Å². The molecular formula is C18H19FN2O2. The van der Waals surface area contributed by atoms with Crippen LogP contribution in [0, 0.1) is 5.82 Å². The molecule has 1 aliphatic rings. The summed E-state index contributed by atoms with van der Waals surface area (Å²) >= 11 is 0. The van der Waals surface area contributed by atoms with Crippen molar-refractivity contribution in [2.24, 2.45) is 0 Å². The Morgan fingerprint density at radius 1 is 1.43 bits per heavy atom. The van der Waals surface area contributed by atoms with Gasteiger partial charge in [-0.2, -0.15) is 0 Å². The average Bonchev–Trinajstić information content (AvgIpc) is 2.60. The molecule has 1 aliphatic carbocycles. The largest absolute Gasteiger partial charge is 0.465 e. The van der Waals surface area contributed by atoms with Crippen molar-refractivity contribution in [3.05, 3.63) is 59.2 Å². The summed E-state index contributed by atoms with van der Waals surface area (Å²) in [5.41, 5.74) is 2.98. The molecule has 1 N–H and O–H groups in total. The number of nitrogens with zero attached hydrogens (tertiary/aromatic N) is 1. The van der Waals surface area contributed by atoms with E-state index in [0.29, 0.717) is 17.8 Å². The van der Waals surface area contributed by atoms with Crippen LogP contribution >= 0.6 is 0 Å². The van der Waals surface area contributed by atoms with E-state index in [1.54, 1.807) is 24.5 Å². The number of carbonyl (C=O) groups excluding carboxylic acids is 1. The van der Waals surface area contributed by atoms with Crippen LogP contribution in [-0.2, 0) is 11.2 Å². The topological polar surface area (TPSA) is 51.2 Å². The van der Waals surface area contributed by atoms with Gasteiger partial charge in [0.05, 0.1) is 24.6 Å². The molecule has 5 heteroatoms. The molecule has 0 fully saturated rings. The SMILES string of the molecule is COC(=O)c1ccncc1NCC1CCCc2c(F)cccc21. The molecule has 2 aromatic rings. The first-order valence-electron chi connectivity index (χ1n) is 7.74. The molecule has 120 valence electrons. The highest BCUT2D eigenvalue weighted by atomic mass is 19.1. The normalized spacial score (nSPS) is 16.5. The van der Waals surface area contributed by atoms with E-state index in [1.165, 1.54) is 13.2 Å². The van der Waals surface area contributed by atoms with Crippen LogP contribution in [0.15, 0.2) is 36.7 Å². The Kier molecular flexibility index (Phi) is 4.55. The maximum Gasteiger partial charge on any atom is 0.340 e. The first-order chi connectivity index (χ1) is 11.2. The maximum atomic E-state index is 13.9. The lowest BCUT2D eigenvalue weighted by Gasteiger charge is -2.26. The fourth-order valence-corrected chi connectivity index (χ4v) is 3.17. The van der Waals surface area contributed by atoms with Gasteiger partial charge in [0.15, 0.2) is 0 Å². The highest BCUT2D eigenvalue weighted by Crippen LogP contribution is 2.33. The maximum absolute atomic E-state index is 13.9. The van der Waals surface area contributed by atoms with Gasteiger partial charge in [0, 0.05) is 18.7 Å². The van der Waals surface area contributed by atoms with E-state index in [0.717, 1.165) is 30.4 Å². The van der Waals surface area contributed by atoms with Gasteiger partial charge in [0.2, 0.25) is 0 Å². The molecule has 0 amide bonds. The summed E-state index contributed by atoms with van der Waals surface area (Å²) in [6.07, 6.45) is 5.93. The lowest BCUT2D eigenvalue weighted by molar-refractivity contribution is 0.0601. The summed E-state index contributed by atoms with van der Waals surface area (Å²) in [4.78, 5) is 15.8. The number of carbonyl (C=O) groups is 1. The van der Waals surface area contributed by atoms with Crippen molar-refractivity contribution < 1.29 is 13.9 Å². The number of esters is 1. The fraction of sp³-hybridized carbons (Fsp3) is 0.333. The summed E-state index contributed by atoms with van der Waals surface area (Å²) in [5.74, 6) is -0.297. The number of halogens is 1. The van der Waals surface area contributed by atoms with Crippen LogP contribution in [0.4, 0.5) is 10.1 Å². The molecule has 0 saturated carbocycles. The molecule has 0 radical (unpaired) electrons. The number of nitrogens with one attached hydrogen (secondary N) is 1. The second-order valence-electron chi connectivity index (χ2n) is 5.69. The third-order valence-corrected chi connectivity index (χ3v) is 4.34. The highest BCUT2D eigenvalue weighted by Gasteiger charge is 2.23. The van der Waals surface area contributed by atoms with Gasteiger partial charge in [-0.3, -0.25) is 4.98 Å². The number of pyridine rings is 1. The van der Waals surface area contributed by atoms with E-state index in [2.05, 4.69) is 10.3 Å². The summed E-state index contributed by atoms with van der Waals surface area (Å²) in [7, 11) is 1.35. The Labute approximate surface area is 134 Å². The number of anilines is 1. The predicted molar refractivity (Wildman–Crippen MR) is 86.1 cm³/mol. The molecule has 1 unspecified atom stereocenters. The van der Waals surface area contributed by atoms with Crippen LogP contribution < -0.4 is 5.32 Å². The number of ether oxygens (including phenoxy) is 1. The second-order valence-corrected chi connectivity index (χ2v) is 5.69. The number of rotatable bonds is 4. The zero-order valence-corrected chi connectivity index (χ0v) is 13.0. The van der Waals surface area contributed by atoms with Gasteiger partial charge < -0.3 is 10.1 Å². The third-order valence-electron chi connectivity index (χ3n) is 4.34. The van der Waals surface area contributed by atoms with Crippen LogP contribution in [-0.4, -0.2) is 24.6 Å². The summed E-state index contributed by atoms with van der Waals surface area (Å²) in [6, 6.07) is 6.90. The Hall–Kier alpha value is -2.43. The quantitative estimate of drug-likeness (QED) is 0.877. The Balaban J connectivity index is 1.78. The van der Waals surface area contributed by atoms with Crippen molar-refractivity contribution in [2.75, 3.05) is 19.0 Å². The number of benzene rings is 1. The highest BCUT2D eigenvalue weighted by molar-refractivity contribution is 5.95. The van der Waals surface area contributed by atoms with Crippen molar-refractivity contribution in [1.82, 2.24) is 4.98 Å². The molecule has 3 rings (SSSR count). The molecule has 1 atom stereocenters. The Morgan fingerprint density at radius 2 is 2.30 bits per heavy atom. The molecule has 4 nitrogen and oxygen atoms in total. The average molecular weight is 314 g/mol. The van der Waals surface area contributed by atoms with Crippen LogP contribution in [0.1, 0.15) is 40.2 Å². The molecular weight excluding hydrogens is 295 g/mol. The zero-order valence-electron chi connectivity index (χ0n) is 13.0. The standard InChI is InChI=1S/C18H19FN2O2/c1-23-18(22)15-8-9-20-11-17(15)21-10-12-4-2-6-14-13(12)5-3-7-16(14)19/h3,5,7-9,11-12,21H,2,4,6,10H2,1H3. The Bertz CT molecular complexity index is 718. The molecule has 1 heterocycles. The van der Waals surface area contributed by atoms with Crippen LogP contribution in [0.5, 0.6) is 0 Å². The van der Waals surface area contributed by atoms with Crippen LogP contribution in [0.2, 0.25) is 0 Å². The van der Waals surface area contributed by atoms with Crippen molar-refractivity contribution in [3.63, 3.8) is 0 Å². The minimum Gasteiger partial charge on any atom is -0.465 e. The molecule has 0 spiro atoms.